The summed E-state index contributed by atoms with van der Waals surface area (Å²) < 4.78 is 16.4. The van der Waals surface area contributed by atoms with E-state index in [-0.39, 0.29) is 0 Å². The van der Waals surface area contributed by atoms with Crippen molar-refractivity contribution < 1.29 is 14.2 Å². The first-order valence-corrected chi connectivity index (χ1v) is 7.47. The van der Waals surface area contributed by atoms with Gasteiger partial charge in [-0.15, -0.1) is 0 Å². The second-order valence-electron chi connectivity index (χ2n) is 4.95. The standard InChI is InChI=1S/C18H16ClNO3/c1-21-13-5-3-12(4-6-13)11-23-18-10-16-14(9-17(18)22-2)15(19)7-8-20-16/h3-10H,11H2,1-2H3. The van der Waals surface area contributed by atoms with Gasteiger partial charge in [-0.05, 0) is 29.8 Å². The van der Waals surface area contributed by atoms with Crippen LogP contribution in [0.1, 0.15) is 5.56 Å². The van der Waals surface area contributed by atoms with Gasteiger partial charge >= 0.3 is 0 Å². The topological polar surface area (TPSA) is 40.6 Å². The van der Waals surface area contributed by atoms with E-state index in [1.807, 2.05) is 36.4 Å². The summed E-state index contributed by atoms with van der Waals surface area (Å²) in [5.74, 6) is 2.07. The van der Waals surface area contributed by atoms with E-state index in [1.165, 1.54) is 0 Å². The van der Waals surface area contributed by atoms with Crippen LogP contribution in [0.15, 0.2) is 48.7 Å². The minimum atomic E-state index is 0.423. The maximum Gasteiger partial charge on any atom is 0.163 e. The fourth-order valence-electron chi connectivity index (χ4n) is 2.28. The number of hydrogen-bond donors (Lipinski definition) is 0. The van der Waals surface area contributed by atoms with Gasteiger partial charge in [-0.25, -0.2) is 0 Å². The highest BCUT2D eigenvalue weighted by Gasteiger charge is 2.10. The number of hydrogen-bond acceptors (Lipinski definition) is 4. The fourth-order valence-corrected chi connectivity index (χ4v) is 2.48. The Labute approximate surface area is 139 Å². The zero-order chi connectivity index (χ0) is 16.2. The summed E-state index contributed by atoms with van der Waals surface area (Å²) in [6.45, 7) is 0.423. The van der Waals surface area contributed by atoms with Gasteiger partial charge in [0.15, 0.2) is 11.5 Å². The molecule has 1 heterocycles. The van der Waals surface area contributed by atoms with Crippen LogP contribution in [0.25, 0.3) is 10.9 Å². The molecule has 5 heteroatoms. The molecule has 1 aromatic heterocycles. The monoisotopic (exact) mass is 329 g/mol. The van der Waals surface area contributed by atoms with Crippen LogP contribution in [0, 0.1) is 0 Å². The van der Waals surface area contributed by atoms with Gasteiger partial charge in [0.2, 0.25) is 0 Å². The van der Waals surface area contributed by atoms with E-state index in [2.05, 4.69) is 4.98 Å². The van der Waals surface area contributed by atoms with E-state index in [1.54, 1.807) is 26.5 Å². The lowest BCUT2D eigenvalue weighted by molar-refractivity contribution is 0.285. The molecule has 0 aliphatic rings. The van der Waals surface area contributed by atoms with Crippen LogP contribution < -0.4 is 14.2 Å². The quantitative estimate of drug-likeness (QED) is 0.691. The first-order valence-electron chi connectivity index (χ1n) is 7.09. The number of benzene rings is 2. The zero-order valence-corrected chi connectivity index (χ0v) is 13.6. The van der Waals surface area contributed by atoms with Crippen LogP contribution in [0.2, 0.25) is 5.02 Å². The lowest BCUT2D eigenvalue weighted by atomic mass is 10.2. The highest BCUT2D eigenvalue weighted by Crippen LogP contribution is 2.34. The Bertz CT molecular complexity index is 818. The molecule has 2 aromatic carbocycles. The Hall–Kier alpha value is -2.46. The number of fused-ring (bicyclic) bond motifs is 1. The third-order valence-electron chi connectivity index (χ3n) is 3.53. The van der Waals surface area contributed by atoms with Crippen molar-refractivity contribution in [3.05, 3.63) is 59.2 Å². The molecule has 4 nitrogen and oxygen atoms in total. The van der Waals surface area contributed by atoms with Crippen molar-refractivity contribution in [2.24, 2.45) is 0 Å². The van der Waals surface area contributed by atoms with Gasteiger partial charge < -0.3 is 14.2 Å². The molecular weight excluding hydrogens is 314 g/mol. The van der Waals surface area contributed by atoms with Gasteiger partial charge in [0, 0.05) is 17.6 Å². The molecule has 0 aliphatic carbocycles. The van der Waals surface area contributed by atoms with Crippen LogP contribution in [0.4, 0.5) is 0 Å². The molecule has 0 bridgehead atoms. The Morgan fingerprint density at radius 3 is 2.43 bits per heavy atom. The number of rotatable bonds is 5. The molecule has 118 valence electrons. The van der Waals surface area contributed by atoms with E-state index in [0.29, 0.717) is 23.1 Å². The van der Waals surface area contributed by atoms with E-state index < -0.39 is 0 Å². The first-order chi connectivity index (χ1) is 11.2. The molecule has 0 unspecified atom stereocenters. The van der Waals surface area contributed by atoms with Crippen molar-refractivity contribution >= 4 is 22.5 Å². The van der Waals surface area contributed by atoms with E-state index in [9.17, 15) is 0 Å². The predicted molar refractivity (Wildman–Crippen MR) is 90.6 cm³/mol. The minimum Gasteiger partial charge on any atom is -0.497 e. The summed E-state index contributed by atoms with van der Waals surface area (Å²) in [4.78, 5) is 4.32. The van der Waals surface area contributed by atoms with Gasteiger partial charge in [0.05, 0.1) is 24.8 Å². The summed E-state index contributed by atoms with van der Waals surface area (Å²) in [5, 5.41) is 1.47. The summed E-state index contributed by atoms with van der Waals surface area (Å²) in [5.41, 5.74) is 1.80. The predicted octanol–water partition coefficient (Wildman–Crippen LogP) is 4.48. The second-order valence-corrected chi connectivity index (χ2v) is 5.36. The molecule has 3 rings (SSSR count). The molecule has 3 aromatic rings. The Balaban J connectivity index is 1.86. The average Bonchev–Trinajstić information content (AvgIpc) is 2.60. The molecule has 0 aliphatic heterocycles. The van der Waals surface area contributed by atoms with Gasteiger partial charge in [-0.2, -0.15) is 0 Å². The number of pyridine rings is 1. The summed E-state index contributed by atoms with van der Waals surface area (Å²) in [7, 11) is 3.25. The number of aromatic nitrogens is 1. The van der Waals surface area contributed by atoms with Crippen molar-refractivity contribution in [3.8, 4) is 17.2 Å². The molecule has 0 radical (unpaired) electrons. The van der Waals surface area contributed by atoms with Gasteiger partial charge in [-0.1, -0.05) is 23.7 Å². The second kappa shape index (κ2) is 6.75. The summed E-state index contributed by atoms with van der Waals surface area (Å²) >= 11 is 6.19. The number of nitrogens with zero attached hydrogens (tertiary/aromatic N) is 1. The van der Waals surface area contributed by atoms with E-state index >= 15 is 0 Å². The summed E-state index contributed by atoms with van der Waals surface area (Å²) in [6.07, 6.45) is 1.67. The molecule has 0 saturated carbocycles. The van der Waals surface area contributed by atoms with E-state index in [0.717, 1.165) is 22.2 Å². The minimum absolute atomic E-state index is 0.423. The molecule has 0 saturated heterocycles. The third kappa shape index (κ3) is 3.32. The SMILES string of the molecule is COc1ccc(COc2cc3nccc(Cl)c3cc2OC)cc1. The van der Waals surface area contributed by atoms with Gasteiger partial charge in [0.25, 0.3) is 0 Å². The van der Waals surface area contributed by atoms with Crippen LogP contribution in [-0.4, -0.2) is 19.2 Å². The number of halogens is 1. The average molecular weight is 330 g/mol. The number of ether oxygens (including phenoxy) is 3. The lowest BCUT2D eigenvalue weighted by Gasteiger charge is -2.12. The maximum atomic E-state index is 6.19. The lowest BCUT2D eigenvalue weighted by Crippen LogP contribution is -1.98. The summed E-state index contributed by atoms with van der Waals surface area (Å²) in [6, 6.07) is 13.1. The Morgan fingerprint density at radius 2 is 1.74 bits per heavy atom. The third-order valence-corrected chi connectivity index (χ3v) is 3.86. The highest BCUT2D eigenvalue weighted by molar-refractivity contribution is 6.35. The molecule has 0 spiro atoms. The Kier molecular flexibility index (Phi) is 4.53. The molecule has 23 heavy (non-hydrogen) atoms. The van der Waals surface area contributed by atoms with E-state index in [4.69, 9.17) is 25.8 Å². The van der Waals surface area contributed by atoms with Crippen molar-refractivity contribution in [2.75, 3.05) is 14.2 Å². The molecular formula is C18H16ClNO3. The van der Waals surface area contributed by atoms with Crippen LogP contribution in [0.5, 0.6) is 17.2 Å². The molecule has 0 fully saturated rings. The molecule has 0 N–H and O–H groups in total. The van der Waals surface area contributed by atoms with Crippen LogP contribution in [-0.2, 0) is 6.61 Å². The largest absolute Gasteiger partial charge is 0.497 e. The van der Waals surface area contributed by atoms with Gasteiger partial charge in [-0.3, -0.25) is 4.98 Å². The molecule has 0 amide bonds. The zero-order valence-electron chi connectivity index (χ0n) is 12.9. The van der Waals surface area contributed by atoms with Crippen molar-refractivity contribution in [2.45, 2.75) is 6.61 Å². The Morgan fingerprint density at radius 1 is 0.957 bits per heavy atom. The fraction of sp³-hybridized carbons (Fsp3) is 0.167. The molecule has 0 atom stereocenters. The normalized spacial score (nSPS) is 10.6. The number of methoxy groups -OCH3 is 2. The first kappa shape index (κ1) is 15.4. The maximum absolute atomic E-state index is 6.19. The van der Waals surface area contributed by atoms with Crippen LogP contribution >= 0.6 is 11.6 Å². The van der Waals surface area contributed by atoms with Crippen molar-refractivity contribution in [1.82, 2.24) is 4.98 Å². The van der Waals surface area contributed by atoms with Gasteiger partial charge in [0.1, 0.15) is 12.4 Å². The van der Waals surface area contributed by atoms with Crippen LogP contribution in [0.3, 0.4) is 0 Å². The smallest absolute Gasteiger partial charge is 0.163 e. The van der Waals surface area contributed by atoms with Crippen molar-refractivity contribution in [3.63, 3.8) is 0 Å². The van der Waals surface area contributed by atoms with Crippen molar-refractivity contribution in [1.29, 1.82) is 0 Å². The highest BCUT2D eigenvalue weighted by atomic mass is 35.5.